The van der Waals surface area contributed by atoms with E-state index in [1.807, 2.05) is 24.3 Å². The summed E-state index contributed by atoms with van der Waals surface area (Å²) in [6.07, 6.45) is 5.16. The Hall–Kier alpha value is -3.20. The van der Waals surface area contributed by atoms with Crippen molar-refractivity contribution in [1.29, 1.82) is 10.5 Å². The summed E-state index contributed by atoms with van der Waals surface area (Å²) < 4.78 is 28.1. The van der Waals surface area contributed by atoms with Crippen LogP contribution in [0.4, 0.5) is 20.2 Å². The summed E-state index contributed by atoms with van der Waals surface area (Å²) >= 11 is 0. The van der Waals surface area contributed by atoms with E-state index in [0.29, 0.717) is 12.1 Å². The fraction of sp³-hybridized carbons (Fsp3) is 0.533. The molecular weight excluding hydrogens is 482 g/mol. The molecule has 2 aliphatic carbocycles. The number of fused-ring (bicyclic) bond motifs is 1. The van der Waals surface area contributed by atoms with Gasteiger partial charge in [-0.3, -0.25) is 9.80 Å². The molecule has 0 atom stereocenters. The molecule has 6 nitrogen and oxygen atoms in total. The smallest absolute Gasteiger partial charge is 0.143 e. The molecule has 38 heavy (non-hydrogen) atoms. The topological polar surface area (TPSA) is 60.5 Å². The first-order chi connectivity index (χ1) is 18.5. The minimum atomic E-state index is -0.435. The van der Waals surface area contributed by atoms with E-state index in [2.05, 4.69) is 19.6 Å². The number of rotatable bonds is 4. The van der Waals surface area contributed by atoms with Crippen molar-refractivity contribution in [2.24, 2.45) is 11.8 Å². The predicted molar refractivity (Wildman–Crippen MR) is 143 cm³/mol. The van der Waals surface area contributed by atoms with Gasteiger partial charge in [0.1, 0.15) is 23.8 Å². The molecule has 0 radical (unpaired) electrons. The second-order valence-electron chi connectivity index (χ2n) is 11.4. The quantitative estimate of drug-likeness (QED) is 0.607. The molecule has 4 fully saturated rings. The molecule has 0 spiro atoms. The Bertz CT molecular complexity index is 1140. The number of nitrogens with zero attached hydrogens (tertiary/aromatic N) is 6. The van der Waals surface area contributed by atoms with Crippen LogP contribution < -0.4 is 9.80 Å². The summed E-state index contributed by atoms with van der Waals surface area (Å²) in [5, 5.41) is 18.0. The van der Waals surface area contributed by atoms with Gasteiger partial charge >= 0.3 is 0 Å². The number of benzene rings is 2. The Balaban J connectivity index is 0.965. The Kier molecular flexibility index (Phi) is 6.95. The largest absolute Gasteiger partial charge is 0.369 e. The molecule has 2 saturated heterocycles. The normalized spacial score (nSPS) is 28.2. The van der Waals surface area contributed by atoms with Crippen molar-refractivity contribution in [3.05, 3.63) is 59.2 Å². The summed E-state index contributed by atoms with van der Waals surface area (Å²) in [7, 11) is 0. The van der Waals surface area contributed by atoms with Crippen LogP contribution in [0.1, 0.15) is 36.8 Å². The van der Waals surface area contributed by atoms with Crippen LogP contribution in [0.5, 0.6) is 0 Å². The average molecular weight is 517 g/mol. The Labute approximate surface area is 223 Å². The van der Waals surface area contributed by atoms with E-state index >= 15 is 0 Å². The Morgan fingerprint density at radius 2 is 0.947 bits per heavy atom. The van der Waals surface area contributed by atoms with Crippen molar-refractivity contribution in [2.45, 2.75) is 37.8 Å². The summed E-state index contributed by atoms with van der Waals surface area (Å²) in [5.41, 5.74) is 1.95. The van der Waals surface area contributed by atoms with Gasteiger partial charge in [-0.2, -0.15) is 10.5 Å². The highest BCUT2D eigenvalue weighted by molar-refractivity contribution is 5.51. The first-order valence-corrected chi connectivity index (χ1v) is 13.9. The SMILES string of the molecule is N#Cc1ccc(N2CCN([C@H]3C[C@H]4C[C@@H](N5CCN(c6ccc(C#N)c(F)c6)CC5)C[C@H]4C3)CC2)cc1F. The van der Waals surface area contributed by atoms with Crippen LogP contribution in [-0.2, 0) is 0 Å². The van der Waals surface area contributed by atoms with E-state index in [-0.39, 0.29) is 11.1 Å². The maximum absolute atomic E-state index is 14.1. The van der Waals surface area contributed by atoms with Crippen LogP contribution >= 0.6 is 0 Å². The van der Waals surface area contributed by atoms with Gasteiger partial charge in [-0.1, -0.05) is 0 Å². The average Bonchev–Trinajstić information content (AvgIpc) is 3.53. The van der Waals surface area contributed by atoms with Crippen molar-refractivity contribution in [3.63, 3.8) is 0 Å². The van der Waals surface area contributed by atoms with Gasteiger partial charge in [-0.25, -0.2) is 8.78 Å². The van der Waals surface area contributed by atoms with Crippen molar-refractivity contribution >= 4 is 11.4 Å². The molecule has 2 aliphatic heterocycles. The van der Waals surface area contributed by atoms with Gasteiger partial charge in [0, 0.05) is 75.8 Å². The number of piperazine rings is 2. The van der Waals surface area contributed by atoms with Crippen LogP contribution in [-0.4, -0.2) is 74.2 Å². The van der Waals surface area contributed by atoms with E-state index in [9.17, 15) is 8.78 Å². The van der Waals surface area contributed by atoms with Gasteiger partial charge < -0.3 is 9.80 Å². The lowest BCUT2D eigenvalue weighted by Gasteiger charge is -2.41. The number of halogens is 2. The van der Waals surface area contributed by atoms with Crippen molar-refractivity contribution in [2.75, 3.05) is 62.2 Å². The van der Waals surface area contributed by atoms with Crippen molar-refractivity contribution in [1.82, 2.24) is 9.80 Å². The second-order valence-corrected chi connectivity index (χ2v) is 11.4. The highest BCUT2D eigenvalue weighted by Gasteiger charge is 2.45. The van der Waals surface area contributed by atoms with Crippen LogP contribution in [0, 0.1) is 46.1 Å². The highest BCUT2D eigenvalue weighted by atomic mass is 19.1. The van der Waals surface area contributed by atoms with Gasteiger partial charge in [0.2, 0.25) is 0 Å². The molecular formula is C30H34F2N6. The maximum atomic E-state index is 14.1. The van der Waals surface area contributed by atoms with Gasteiger partial charge in [0.15, 0.2) is 0 Å². The Morgan fingerprint density at radius 1 is 0.579 bits per heavy atom. The number of hydrogen-bond acceptors (Lipinski definition) is 6. The van der Waals surface area contributed by atoms with E-state index in [4.69, 9.17) is 10.5 Å². The van der Waals surface area contributed by atoms with Gasteiger partial charge in [-0.15, -0.1) is 0 Å². The molecule has 2 aromatic carbocycles. The molecule has 2 heterocycles. The summed E-state index contributed by atoms with van der Waals surface area (Å²) in [5.74, 6) is 0.743. The Morgan fingerprint density at radius 3 is 1.26 bits per heavy atom. The van der Waals surface area contributed by atoms with Crippen molar-refractivity contribution < 1.29 is 8.78 Å². The molecule has 0 unspecified atom stereocenters. The van der Waals surface area contributed by atoms with Crippen LogP contribution in [0.3, 0.4) is 0 Å². The molecule has 0 aromatic heterocycles. The number of nitriles is 2. The third-order valence-corrected chi connectivity index (χ3v) is 9.50. The molecule has 4 aliphatic rings. The molecule has 0 N–H and O–H groups in total. The van der Waals surface area contributed by atoms with Gasteiger partial charge in [0.05, 0.1) is 11.1 Å². The maximum Gasteiger partial charge on any atom is 0.143 e. The van der Waals surface area contributed by atoms with E-state index in [1.165, 1.54) is 37.8 Å². The lowest BCUT2D eigenvalue weighted by molar-refractivity contribution is 0.155. The number of hydrogen-bond donors (Lipinski definition) is 0. The molecule has 2 saturated carbocycles. The minimum absolute atomic E-state index is 0.103. The van der Waals surface area contributed by atoms with Crippen LogP contribution in [0.2, 0.25) is 0 Å². The monoisotopic (exact) mass is 516 g/mol. The molecule has 6 rings (SSSR count). The summed E-state index contributed by atoms with van der Waals surface area (Å²) in [4.78, 5) is 9.77. The van der Waals surface area contributed by atoms with Crippen LogP contribution in [0.25, 0.3) is 0 Å². The zero-order valence-corrected chi connectivity index (χ0v) is 21.7. The standard InChI is InChI=1S/C30H34F2N6/c31-29-17-25(3-1-21(29)19-33)35-5-9-37(10-6-35)27-13-23-15-28(16-24(23)14-27)38-11-7-36(8-12-38)26-4-2-22(20-34)30(32)18-26/h1-4,17-18,23-24,27-28H,5-16H2/t23-,24+,27-,28+. The molecule has 198 valence electrons. The van der Waals surface area contributed by atoms with Gasteiger partial charge in [-0.05, 0) is 73.9 Å². The fourth-order valence-electron chi connectivity index (χ4n) is 7.42. The number of anilines is 2. The minimum Gasteiger partial charge on any atom is -0.369 e. The van der Waals surface area contributed by atoms with E-state index in [1.54, 1.807) is 12.1 Å². The lowest BCUT2D eigenvalue weighted by atomic mass is 10.0. The summed E-state index contributed by atoms with van der Waals surface area (Å²) in [6, 6.07) is 15.0. The zero-order chi connectivity index (χ0) is 26.2. The molecule has 8 heteroatoms. The van der Waals surface area contributed by atoms with Gasteiger partial charge in [0.25, 0.3) is 0 Å². The lowest BCUT2D eigenvalue weighted by Crippen LogP contribution is -2.51. The van der Waals surface area contributed by atoms with Crippen molar-refractivity contribution in [3.8, 4) is 12.1 Å². The highest BCUT2D eigenvalue weighted by Crippen LogP contribution is 2.47. The third-order valence-electron chi connectivity index (χ3n) is 9.50. The molecule has 2 aromatic rings. The first-order valence-electron chi connectivity index (χ1n) is 13.9. The first kappa shape index (κ1) is 25.1. The van der Waals surface area contributed by atoms with Crippen LogP contribution in [0.15, 0.2) is 36.4 Å². The second kappa shape index (κ2) is 10.5. The third kappa shape index (κ3) is 4.84. The molecule has 0 amide bonds. The zero-order valence-electron chi connectivity index (χ0n) is 21.7. The fourth-order valence-corrected chi connectivity index (χ4v) is 7.42. The summed E-state index contributed by atoms with van der Waals surface area (Å²) in [6.45, 7) is 7.61. The van der Waals surface area contributed by atoms with E-state index in [0.717, 1.165) is 75.6 Å². The predicted octanol–water partition coefficient (Wildman–Crippen LogP) is 4.21. The van der Waals surface area contributed by atoms with E-state index < -0.39 is 11.6 Å². The molecule has 0 bridgehead atoms.